The minimum absolute atomic E-state index is 0.101. The lowest BCUT2D eigenvalue weighted by Gasteiger charge is -2.10. The zero-order valence-electron chi connectivity index (χ0n) is 16.0. The number of aromatic nitrogens is 3. The van der Waals surface area contributed by atoms with E-state index in [4.69, 9.17) is 16.1 Å². The molecule has 0 amide bonds. The van der Waals surface area contributed by atoms with E-state index in [1.807, 2.05) is 67.6 Å². The van der Waals surface area contributed by atoms with Crippen molar-refractivity contribution in [2.75, 3.05) is 0 Å². The van der Waals surface area contributed by atoms with Gasteiger partial charge in [0.05, 0.1) is 5.56 Å². The molecule has 0 radical (unpaired) electrons. The Bertz CT molecular complexity index is 1420. The summed E-state index contributed by atoms with van der Waals surface area (Å²) in [6.07, 6.45) is 1.76. The molecule has 5 rings (SSSR count). The third-order valence-corrected chi connectivity index (χ3v) is 5.25. The quantitative estimate of drug-likeness (QED) is 0.382. The number of fused-ring (bicyclic) bond motifs is 1. The van der Waals surface area contributed by atoms with Gasteiger partial charge in [-0.05, 0) is 49.4 Å². The lowest BCUT2D eigenvalue weighted by molar-refractivity contribution is 0.432. The summed E-state index contributed by atoms with van der Waals surface area (Å²) in [4.78, 5) is 17.7. The molecular formula is C24H16ClN3O2. The van der Waals surface area contributed by atoms with Crippen LogP contribution in [0.1, 0.15) is 5.56 Å². The predicted octanol–water partition coefficient (Wildman–Crippen LogP) is 5.67. The highest BCUT2D eigenvalue weighted by molar-refractivity contribution is 6.30. The first kappa shape index (κ1) is 18.3. The van der Waals surface area contributed by atoms with Crippen LogP contribution in [0.3, 0.4) is 0 Å². The van der Waals surface area contributed by atoms with Crippen molar-refractivity contribution in [3.8, 4) is 28.5 Å². The molecule has 0 unspecified atom stereocenters. The van der Waals surface area contributed by atoms with Gasteiger partial charge in [0.15, 0.2) is 0 Å². The largest absolute Gasteiger partial charge is 0.334 e. The Morgan fingerprint density at radius 2 is 1.60 bits per heavy atom. The Morgan fingerprint density at radius 1 is 0.900 bits per heavy atom. The van der Waals surface area contributed by atoms with Gasteiger partial charge in [-0.15, -0.1) is 0 Å². The maximum atomic E-state index is 13.1. The molecule has 3 aromatic carbocycles. The fraction of sp³-hybridized carbons (Fsp3) is 0.0417. The van der Waals surface area contributed by atoms with Crippen LogP contribution in [-0.2, 0) is 0 Å². The Kier molecular flexibility index (Phi) is 4.45. The van der Waals surface area contributed by atoms with Crippen LogP contribution < -0.4 is 5.56 Å². The summed E-state index contributed by atoms with van der Waals surface area (Å²) in [5, 5.41) is 6.10. The van der Waals surface area contributed by atoms with Crippen molar-refractivity contribution in [1.82, 2.24) is 14.7 Å². The molecule has 0 saturated carbocycles. The number of nitrogens with zero attached hydrogens (tertiary/aromatic N) is 3. The van der Waals surface area contributed by atoms with Crippen molar-refractivity contribution in [3.63, 3.8) is 0 Å². The molecular weight excluding hydrogens is 398 g/mol. The summed E-state index contributed by atoms with van der Waals surface area (Å²) >= 11 is 5.97. The predicted molar refractivity (Wildman–Crippen MR) is 118 cm³/mol. The van der Waals surface area contributed by atoms with Crippen LogP contribution in [-0.4, -0.2) is 14.7 Å². The zero-order valence-corrected chi connectivity index (χ0v) is 16.8. The molecule has 0 saturated heterocycles. The molecule has 5 nitrogen and oxygen atoms in total. The first-order chi connectivity index (χ1) is 14.6. The maximum Gasteiger partial charge on any atom is 0.262 e. The van der Waals surface area contributed by atoms with Crippen LogP contribution in [0.15, 0.2) is 88.3 Å². The van der Waals surface area contributed by atoms with Gasteiger partial charge in [-0.2, -0.15) is 4.98 Å². The third-order valence-electron chi connectivity index (χ3n) is 5.00. The Labute approximate surface area is 177 Å². The van der Waals surface area contributed by atoms with Crippen LogP contribution in [0.4, 0.5) is 0 Å². The van der Waals surface area contributed by atoms with Crippen molar-refractivity contribution in [2.45, 2.75) is 6.92 Å². The number of halogens is 1. The van der Waals surface area contributed by atoms with E-state index in [1.54, 1.807) is 22.9 Å². The molecule has 2 aromatic heterocycles. The average molecular weight is 414 g/mol. The van der Waals surface area contributed by atoms with E-state index in [9.17, 15) is 4.79 Å². The standard InChI is InChI=1S/C24H16ClN3O2/c1-15-6-12-18(13-7-15)28-14-21(19-4-2-3-5-20(19)24(28)29)23-26-22(27-30-23)16-8-10-17(25)11-9-16/h2-14H,1H3. The van der Waals surface area contributed by atoms with Crippen molar-refractivity contribution in [2.24, 2.45) is 0 Å². The van der Waals surface area contributed by atoms with Crippen molar-refractivity contribution >= 4 is 22.4 Å². The summed E-state index contributed by atoms with van der Waals surface area (Å²) in [7, 11) is 0. The number of rotatable bonds is 3. The van der Waals surface area contributed by atoms with Crippen LogP contribution in [0.5, 0.6) is 0 Å². The van der Waals surface area contributed by atoms with E-state index in [-0.39, 0.29) is 5.56 Å². The third kappa shape index (κ3) is 3.19. The van der Waals surface area contributed by atoms with E-state index in [2.05, 4.69) is 10.1 Å². The van der Waals surface area contributed by atoms with Gasteiger partial charge in [-0.25, -0.2) is 0 Å². The molecule has 0 N–H and O–H groups in total. The van der Waals surface area contributed by atoms with Gasteiger partial charge in [-0.3, -0.25) is 9.36 Å². The number of hydrogen-bond donors (Lipinski definition) is 0. The fourth-order valence-electron chi connectivity index (χ4n) is 3.41. The molecule has 5 aromatic rings. The van der Waals surface area contributed by atoms with Crippen molar-refractivity contribution in [3.05, 3.63) is 99.9 Å². The second-order valence-electron chi connectivity index (χ2n) is 7.03. The second kappa shape index (κ2) is 7.28. The van der Waals surface area contributed by atoms with Gasteiger partial charge >= 0.3 is 0 Å². The summed E-state index contributed by atoms with van der Waals surface area (Å²) in [6, 6.07) is 22.4. The summed E-state index contributed by atoms with van der Waals surface area (Å²) in [6.45, 7) is 2.01. The molecule has 30 heavy (non-hydrogen) atoms. The number of benzene rings is 3. The van der Waals surface area contributed by atoms with E-state index in [1.165, 1.54) is 0 Å². The highest BCUT2D eigenvalue weighted by Gasteiger charge is 2.17. The monoisotopic (exact) mass is 413 g/mol. The van der Waals surface area contributed by atoms with Crippen LogP contribution in [0.2, 0.25) is 5.02 Å². The normalized spacial score (nSPS) is 11.1. The molecule has 0 aliphatic carbocycles. The van der Waals surface area contributed by atoms with Crippen LogP contribution in [0.25, 0.3) is 39.3 Å². The molecule has 146 valence electrons. The molecule has 0 fully saturated rings. The summed E-state index contributed by atoms with van der Waals surface area (Å²) in [5.74, 6) is 0.802. The molecule has 6 heteroatoms. The molecule has 0 atom stereocenters. The second-order valence-corrected chi connectivity index (χ2v) is 7.47. The Hall–Kier alpha value is -3.70. The first-order valence-electron chi connectivity index (χ1n) is 9.41. The maximum absolute atomic E-state index is 13.1. The van der Waals surface area contributed by atoms with Gasteiger partial charge in [0, 0.05) is 33.2 Å². The number of pyridine rings is 1. The molecule has 2 heterocycles. The minimum atomic E-state index is -0.101. The topological polar surface area (TPSA) is 60.9 Å². The van der Waals surface area contributed by atoms with E-state index in [0.717, 1.165) is 22.2 Å². The van der Waals surface area contributed by atoms with Gasteiger partial charge in [0.2, 0.25) is 5.82 Å². The molecule has 0 aliphatic heterocycles. The van der Waals surface area contributed by atoms with Crippen LogP contribution >= 0.6 is 11.6 Å². The van der Waals surface area contributed by atoms with E-state index < -0.39 is 0 Å². The smallest absolute Gasteiger partial charge is 0.262 e. The first-order valence-corrected chi connectivity index (χ1v) is 9.79. The minimum Gasteiger partial charge on any atom is -0.334 e. The molecule has 0 bridgehead atoms. The SMILES string of the molecule is Cc1ccc(-n2cc(-c3nc(-c4ccc(Cl)cc4)no3)c3ccccc3c2=O)cc1. The molecule has 0 spiro atoms. The highest BCUT2D eigenvalue weighted by atomic mass is 35.5. The summed E-state index contributed by atoms with van der Waals surface area (Å²) < 4.78 is 7.20. The van der Waals surface area contributed by atoms with E-state index in [0.29, 0.717) is 27.7 Å². The lowest BCUT2D eigenvalue weighted by Crippen LogP contribution is -2.18. The number of hydrogen-bond acceptors (Lipinski definition) is 4. The highest BCUT2D eigenvalue weighted by Crippen LogP contribution is 2.29. The molecule has 0 aliphatic rings. The lowest BCUT2D eigenvalue weighted by atomic mass is 10.1. The number of aryl methyl sites for hydroxylation is 1. The fourth-order valence-corrected chi connectivity index (χ4v) is 3.53. The zero-order chi connectivity index (χ0) is 20.7. The Balaban J connectivity index is 1.71. The Morgan fingerprint density at radius 3 is 2.33 bits per heavy atom. The average Bonchev–Trinajstić information content (AvgIpc) is 3.25. The van der Waals surface area contributed by atoms with Gasteiger partial charge < -0.3 is 4.52 Å². The van der Waals surface area contributed by atoms with Crippen LogP contribution in [0, 0.1) is 6.92 Å². The van der Waals surface area contributed by atoms with Gasteiger partial charge in [0.1, 0.15) is 0 Å². The van der Waals surface area contributed by atoms with Crippen molar-refractivity contribution in [1.29, 1.82) is 0 Å². The summed E-state index contributed by atoms with van der Waals surface area (Å²) in [5.41, 5.74) is 3.28. The van der Waals surface area contributed by atoms with Crippen molar-refractivity contribution < 1.29 is 4.52 Å². The van der Waals surface area contributed by atoms with E-state index >= 15 is 0 Å². The van der Waals surface area contributed by atoms with Gasteiger partial charge in [0.25, 0.3) is 11.4 Å². The van der Waals surface area contributed by atoms with Gasteiger partial charge in [-0.1, -0.05) is 52.7 Å².